The van der Waals surface area contributed by atoms with Gasteiger partial charge in [-0.2, -0.15) is 0 Å². The Bertz CT molecular complexity index is 1020. The third-order valence-electron chi connectivity index (χ3n) is 5.85. The Hall–Kier alpha value is -2.26. The van der Waals surface area contributed by atoms with E-state index in [0.29, 0.717) is 24.2 Å². The summed E-state index contributed by atoms with van der Waals surface area (Å²) in [6.07, 6.45) is 9.82. The number of carbonyl (C=O) groups excluding carboxylic acids is 1. The minimum atomic E-state index is -0.124. The number of rotatable bonds is 4. The van der Waals surface area contributed by atoms with Crippen molar-refractivity contribution in [2.24, 2.45) is 0 Å². The van der Waals surface area contributed by atoms with Crippen LogP contribution in [0.2, 0.25) is 0 Å². The number of amides is 1. The number of pyridine rings is 2. The van der Waals surface area contributed by atoms with Gasteiger partial charge in [0.15, 0.2) is 5.65 Å². The zero-order valence-corrected chi connectivity index (χ0v) is 18.6. The molecule has 2 aliphatic rings. The number of halogens is 2. The molecule has 166 valence electrons. The number of carbonyl (C=O) groups is 1. The van der Waals surface area contributed by atoms with E-state index in [1.165, 1.54) is 0 Å². The summed E-state index contributed by atoms with van der Waals surface area (Å²) in [5.41, 5.74) is 2.98. The van der Waals surface area contributed by atoms with Crippen molar-refractivity contribution in [2.45, 2.75) is 37.5 Å². The minimum absolute atomic E-state index is 0. The highest BCUT2D eigenvalue weighted by Gasteiger charge is 2.41. The molecule has 5 heterocycles. The maximum atomic E-state index is 12.8. The van der Waals surface area contributed by atoms with Crippen LogP contribution in [-0.2, 0) is 11.3 Å². The van der Waals surface area contributed by atoms with Gasteiger partial charge in [-0.05, 0) is 50.0 Å². The molecular formula is C21H26Cl2N6O2. The normalized spacial score (nSPS) is 19.5. The van der Waals surface area contributed by atoms with E-state index >= 15 is 0 Å². The molecule has 3 aromatic heterocycles. The first-order chi connectivity index (χ1) is 14.2. The summed E-state index contributed by atoms with van der Waals surface area (Å²) in [7, 11) is 0. The standard InChI is InChI=1S/C21H24N6O2.2ClH/c28-20(26-17-9-21(29-13-17)3-6-22-7-4-21)16-8-18-19(24-11-16)27(14-25-18)12-15-2-1-5-23-10-15;;/h1-2,5,8,10-11,14,17,22H,3-4,6-7,9,12-13H2,(H,26,28);2*1H. The number of hydrogen-bond acceptors (Lipinski definition) is 6. The van der Waals surface area contributed by atoms with E-state index in [-0.39, 0.29) is 42.4 Å². The van der Waals surface area contributed by atoms with E-state index in [1.54, 1.807) is 24.8 Å². The fourth-order valence-corrected chi connectivity index (χ4v) is 4.31. The van der Waals surface area contributed by atoms with Crippen LogP contribution in [0.4, 0.5) is 0 Å². The van der Waals surface area contributed by atoms with Gasteiger partial charge in [0.05, 0.1) is 36.7 Å². The highest BCUT2D eigenvalue weighted by molar-refractivity contribution is 5.96. The summed E-state index contributed by atoms with van der Waals surface area (Å²) >= 11 is 0. The van der Waals surface area contributed by atoms with Crippen molar-refractivity contribution in [3.8, 4) is 0 Å². The molecule has 10 heteroatoms. The SMILES string of the molecule is Cl.Cl.O=C(NC1COC2(CCNCC2)C1)c1cnc2c(c1)ncn2Cc1cccnc1. The lowest BCUT2D eigenvalue weighted by Crippen LogP contribution is -2.43. The molecule has 0 radical (unpaired) electrons. The van der Waals surface area contributed by atoms with Gasteiger partial charge in [0, 0.05) is 18.6 Å². The van der Waals surface area contributed by atoms with Crippen LogP contribution in [0.3, 0.4) is 0 Å². The third-order valence-corrected chi connectivity index (χ3v) is 5.85. The second-order valence-corrected chi connectivity index (χ2v) is 7.92. The molecule has 1 amide bonds. The van der Waals surface area contributed by atoms with Crippen LogP contribution in [0.25, 0.3) is 11.2 Å². The second kappa shape index (κ2) is 9.91. The van der Waals surface area contributed by atoms with E-state index in [0.717, 1.165) is 43.6 Å². The fourth-order valence-electron chi connectivity index (χ4n) is 4.31. The van der Waals surface area contributed by atoms with Crippen molar-refractivity contribution in [2.75, 3.05) is 19.7 Å². The number of ether oxygens (including phenoxy) is 1. The van der Waals surface area contributed by atoms with Gasteiger partial charge in [-0.3, -0.25) is 9.78 Å². The lowest BCUT2D eigenvalue weighted by Gasteiger charge is -2.32. The van der Waals surface area contributed by atoms with Crippen LogP contribution in [-0.4, -0.2) is 56.8 Å². The number of aromatic nitrogens is 4. The van der Waals surface area contributed by atoms with Crippen LogP contribution in [0, 0.1) is 0 Å². The van der Waals surface area contributed by atoms with Gasteiger partial charge in [-0.25, -0.2) is 9.97 Å². The number of hydrogen-bond donors (Lipinski definition) is 2. The summed E-state index contributed by atoms with van der Waals surface area (Å²) in [5.74, 6) is -0.124. The van der Waals surface area contributed by atoms with Crippen LogP contribution in [0.15, 0.2) is 43.1 Å². The number of piperidine rings is 1. The molecule has 2 fully saturated rings. The first kappa shape index (κ1) is 23.4. The summed E-state index contributed by atoms with van der Waals surface area (Å²) in [5, 5.41) is 6.47. The topological polar surface area (TPSA) is 94.0 Å². The van der Waals surface area contributed by atoms with Crippen LogP contribution >= 0.6 is 24.8 Å². The van der Waals surface area contributed by atoms with Gasteiger partial charge < -0.3 is 19.9 Å². The number of nitrogens with one attached hydrogen (secondary N) is 2. The Balaban J connectivity index is 0.00000136. The summed E-state index contributed by atoms with van der Waals surface area (Å²) < 4.78 is 8.03. The molecule has 1 unspecified atom stereocenters. The second-order valence-electron chi connectivity index (χ2n) is 7.92. The Morgan fingerprint density at radius 2 is 2.10 bits per heavy atom. The predicted octanol–water partition coefficient (Wildman–Crippen LogP) is 2.36. The van der Waals surface area contributed by atoms with Crippen molar-refractivity contribution >= 4 is 41.9 Å². The van der Waals surface area contributed by atoms with Crippen LogP contribution in [0.1, 0.15) is 35.2 Å². The summed E-state index contributed by atoms with van der Waals surface area (Å²) in [6.45, 7) is 3.16. The van der Waals surface area contributed by atoms with Crippen LogP contribution < -0.4 is 10.6 Å². The van der Waals surface area contributed by atoms with E-state index in [1.807, 2.05) is 22.9 Å². The Kier molecular flexibility index (Phi) is 7.48. The molecule has 2 saturated heterocycles. The van der Waals surface area contributed by atoms with Gasteiger partial charge >= 0.3 is 0 Å². The van der Waals surface area contributed by atoms with Gasteiger partial charge in [-0.15, -0.1) is 24.8 Å². The fraction of sp³-hybridized carbons (Fsp3) is 0.429. The molecule has 8 nitrogen and oxygen atoms in total. The molecule has 3 aromatic rings. The largest absolute Gasteiger partial charge is 0.373 e. The van der Waals surface area contributed by atoms with Crippen molar-refractivity contribution < 1.29 is 9.53 Å². The summed E-state index contributed by atoms with van der Waals surface area (Å²) in [4.78, 5) is 25.8. The van der Waals surface area contributed by atoms with E-state index in [2.05, 4.69) is 25.6 Å². The molecule has 0 aliphatic carbocycles. The van der Waals surface area contributed by atoms with Gasteiger partial charge in [0.2, 0.25) is 0 Å². The average molecular weight is 465 g/mol. The van der Waals surface area contributed by atoms with Crippen molar-refractivity contribution in [3.63, 3.8) is 0 Å². The van der Waals surface area contributed by atoms with Gasteiger partial charge in [-0.1, -0.05) is 6.07 Å². The molecule has 0 bridgehead atoms. The van der Waals surface area contributed by atoms with E-state index in [4.69, 9.17) is 4.74 Å². The number of nitrogens with zero attached hydrogens (tertiary/aromatic N) is 4. The Labute approximate surface area is 193 Å². The molecule has 0 saturated carbocycles. The molecule has 31 heavy (non-hydrogen) atoms. The number of imidazole rings is 1. The lowest BCUT2D eigenvalue weighted by atomic mass is 9.88. The van der Waals surface area contributed by atoms with Gasteiger partial charge in [0.25, 0.3) is 5.91 Å². The lowest BCUT2D eigenvalue weighted by molar-refractivity contribution is -0.0194. The first-order valence-corrected chi connectivity index (χ1v) is 10.1. The Morgan fingerprint density at radius 3 is 2.87 bits per heavy atom. The quantitative estimate of drug-likeness (QED) is 0.615. The zero-order chi connectivity index (χ0) is 19.7. The van der Waals surface area contributed by atoms with Crippen molar-refractivity contribution in [3.05, 3.63) is 54.2 Å². The molecular weight excluding hydrogens is 439 g/mol. The first-order valence-electron chi connectivity index (χ1n) is 10.1. The highest BCUT2D eigenvalue weighted by Crippen LogP contribution is 2.34. The molecule has 5 rings (SSSR count). The highest BCUT2D eigenvalue weighted by atomic mass is 35.5. The van der Waals surface area contributed by atoms with Crippen molar-refractivity contribution in [1.29, 1.82) is 0 Å². The summed E-state index contributed by atoms with van der Waals surface area (Å²) in [6, 6.07) is 5.76. The molecule has 0 aromatic carbocycles. The smallest absolute Gasteiger partial charge is 0.253 e. The molecule has 2 aliphatic heterocycles. The average Bonchev–Trinajstić information content (AvgIpc) is 3.33. The Morgan fingerprint density at radius 1 is 1.26 bits per heavy atom. The monoisotopic (exact) mass is 464 g/mol. The zero-order valence-electron chi connectivity index (χ0n) is 17.0. The maximum absolute atomic E-state index is 12.8. The maximum Gasteiger partial charge on any atom is 0.253 e. The molecule has 2 N–H and O–H groups in total. The number of fused-ring (bicyclic) bond motifs is 1. The molecule has 1 atom stereocenters. The van der Waals surface area contributed by atoms with Gasteiger partial charge in [0.1, 0.15) is 5.52 Å². The minimum Gasteiger partial charge on any atom is -0.373 e. The van der Waals surface area contributed by atoms with Crippen LogP contribution in [0.5, 0.6) is 0 Å². The van der Waals surface area contributed by atoms with Crippen molar-refractivity contribution in [1.82, 2.24) is 30.2 Å². The van der Waals surface area contributed by atoms with E-state index < -0.39 is 0 Å². The molecule has 1 spiro atoms. The third kappa shape index (κ3) is 4.98. The predicted molar refractivity (Wildman–Crippen MR) is 122 cm³/mol. The van der Waals surface area contributed by atoms with E-state index in [9.17, 15) is 4.79 Å².